The van der Waals surface area contributed by atoms with Crippen LogP contribution in [0.2, 0.25) is 0 Å². The zero-order valence-electron chi connectivity index (χ0n) is 11.6. The molecule has 0 bridgehead atoms. The third-order valence-electron chi connectivity index (χ3n) is 2.96. The van der Waals surface area contributed by atoms with Crippen LogP contribution in [0.15, 0.2) is 30.5 Å². The van der Waals surface area contributed by atoms with E-state index in [1.807, 2.05) is 0 Å². The first-order valence-electron chi connectivity index (χ1n) is 6.32. The summed E-state index contributed by atoms with van der Waals surface area (Å²) in [5.41, 5.74) is -0.0555. The maximum Gasteiger partial charge on any atom is 0.327 e. The average Bonchev–Trinajstić information content (AvgIpc) is 2.85. The number of hydrogen-bond donors (Lipinski definition) is 1. The number of nitrogens with one attached hydrogen (secondary N) is 1. The fraction of sp³-hybridized carbons (Fsp3) is 0.286. The van der Waals surface area contributed by atoms with Gasteiger partial charge in [0, 0.05) is 17.8 Å². The lowest BCUT2D eigenvalue weighted by Gasteiger charge is -2.15. The Morgan fingerprint density at radius 1 is 1.38 bits per heavy atom. The van der Waals surface area contributed by atoms with E-state index < -0.39 is 23.6 Å². The molecule has 1 atom stereocenters. The van der Waals surface area contributed by atoms with Gasteiger partial charge in [-0.2, -0.15) is 5.10 Å². The highest BCUT2D eigenvalue weighted by Crippen LogP contribution is 2.23. The van der Waals surface area contributed by atoms with Gasteiger partial charge < -0.3 is 10.1 Å². The monoisotopic (exact) mass is 295 g/mol. The minimum Gasteiger partial charge on any atom is -0.468 e. The number of aromatic nitrogens is 2. The number of nitrogens with zero attached hydrogens (tertiary/aromatic N) is 2. The molecule has 0 amide bonds. The zero-order chi connectivity index (χ0) is 15.4. The van der Waals surface area contributed by atoms with Crippen molar-refractivity contribution in [2.75, 3.05) is 12.4 Å². The fourth-order valence-electron chi connectivity index (χ4n) is 1.94. The fourth-order valence-corrected chi connectivity index (χ4v) is 1.94. The van der Waals surface area contributed by atoms with Crippen LogP contribution in [0, 0.1) is 11.6 Å². The lowest BCUT2D eigenvalue weighted by Crippen LogP contribution is -2.14. The summed E-state index contributed by atoms with van der Waals surface area (Å²) in [6.45, 7) is 1.60. The van der Waals surface area contributed by atoms with Crippen molar-refractivity contribution in [3.8, 4) is 0 Å². The van der Waals surface area contributed by atoms with Crippen LogP contribution >= 0.6 is 0 Å². The predicted octanol–water partition coefficient (Wildman–Crippen LogP) is 2.51. The molecule has 0 spiro atoms. The van der Waals surface area contributed by atoms with Crippen LogP contribution in [0.4, 0.5) is 14.6 Å². The molecule has 5 nitrogen and oxygen atoms in total. The Morgan fingerprint density at radius 3 is 2.67 bits per heavy atom. The largest absolute Gasteiger partial charge is 0.468 e. The number of halogens is 2. The molecule has 0 radical (unpaired) electrons. The molecule has 0 unspecified atom stereocenters. The van der Waals surface area contributed by atoms with E-state index in [0.29, 0.717) is 5.82 Å². The first kappa shape index (κ1) is 15.0. The highest BCUT2D eigenvalue weighted by Gasteiger charge is 2.16. The van der Waals surface area contributed by atoms with Crippen molar-refractivity contribution in [2.24, 2.45) is 0 Å². The van der Waals surface area contributed by atoms with Crippen molar-refractivity contribution < 1.29 is 18.3 Å². The molecular weight excluding hydrogens is 280 g/mol. The molecule has 112 valence electrons. The highest BCUT2D eigenvalue weighted by molar-refractivity contribution is 5.68. The Bertz CT molecular complexity index is 623. The van der Waals surface area contributed by atoms with Gasteiger partial charge in [0.2, 0.25) is 0 Å². The van der Waals surface area contributed by atoms with Gasteiger partial charge in [-0.25, -0.2) is 8.78 Å². The Morgan fingerprint density at radius 2 is 2.05 bits per heavy atom. The molecule has 0 saturated heterocycles. The molecule has 0 fully saturated rings. The Labute approximate surface area is 120 Å². The molecular formula is C14H15F2N3O2. The van der Waals surface area contributed by atoms with Crippen molar-refractivity contribution in [1.82, 2.24) is 9.78 Å². The SMILES string of the molecule is COC(=O)Cn1ccc(N[C@@H](C)c2c(F)cccc2F)n1. The number of benzene rings is 1. The van der Waals surface area contributed by atoms with E-state index in [4.69, 9.17) is 0 Å². The van der Waals surface area contributed by atoms with Gasteiger partial charge in [-0.1, -0.05) is 6.07 Å². The van der Waals surface area contributed by atoms with Crippen molar-refractivity contribution >= 4 is 11.8 Å². The van der Waals surface area contributed by atoms with Crippen LogP contribution in [0.3, 0.4) is 0 Å². The first-order chi connectivity index (χ1) is 10.0. The second-order valence-corrected chi connectivity index (χ2v) is 4.48. The van der Waals surface area contributed by atoms with E-state index in [1.54, 1.807) is 19.2 Å². The van der Waals surface area contributed by atoms with Crippen LogP contribution in [0.5, 0.6) is 0 Å². The minimum atomic E-state index is -0.621. The summed E-state index contributed by atoms with van der Waals surface area (Å²) in [6, 6.07) is 4.72. The number of carbonyl (C=O) groups is 1. The van der Waals surface area contributed by atoms with Gasteiger partial charge in [-0.15, -0.1) is 0 Å². The number of esters is 1. The summed E-state index contributed by atoms with van der Waals surface area (Å²) in [4.78, 5) is 11.1. The van der Waals surface area contributed by atoms with E-state index in [2.05, 4.69) is 15.2 Å². The number of hydrogen-bond acceptors (Lipinski definition) is 4. The van der Waals surface area contributed by atoms with Crippen LogP contribution in [-0.2, 0) is 16.1 Å². The number of ether oxygens (including phenoxy) is 1. The number of methoxy groups -OCH3 is 1. The van der Waals surface area contributed by atoms with Crippen LogP contribution in [0.1, 0.15) is 18.5 Å². The van der Waals surface area contributed by atoms with E-state index in [1.165, 1.54) is 30.0 Å². The van der Waals surface area contributed by atoms with Gasteiger partial charge in [0.1, 0.15) is 24.0 Å². The summed E-state index contributed by atoms with van der Waals surface area (Å²) in [5.74, 6) is -1.26. The molecule has 0 aliphatic carbocycles. The van der Waals surface area contributed by atoms with Crippen LogP contribution in [-0.4, -0.2) is 22.9 Å². The van der Waals surface area contributed by atoms with Crippen LogP contribution < -0.4 is 5.32 Å². The second kappa shape index (κ2) is 6.34. The topological polar surface area (TPSA) is 56.1 Å². The first-order valence-corrected chi connectivity index (χ1v) is 6.32. The third kappa shape index (κ3) is 3.56. The molecule has 1 heterocycles. The Hall–Kier alpha value is -2.44. The summed E-state index contributed by atoms with van der Waals surface area (Å²) in [6.07, 6.45) is 1.57. The minimum absolute atomic E-state index is 0.0272. The smallest absolute Gasteiger partial charge is 0.327 e. The molecule has 1 N–H and O–H groups in total. The maximum absolute atomic E-state index is 13.7. The van der Waals surface area contributed by atoms with E-state index >= 15 is 0 Å². The average molecular weight is 295 g/mol. The summed E-state index contributed by atoms with van der Waals surface area (Å²) in [5, 5.41) is 6.97. The molecule has 2 aromatic rings. The maximum atomic E-state index is 13.7. The highest BCUT2D eigenvalue weighted by atomic mass is 19.1. The predicted molar refractivity (Wildman–Crippen MR) is 72.6 cm³/mol. The van der Waals surface area contributed by atoms with Gasteiger partial charge in [-0.05, 0) is 19.1 Å². The van der Waals surface area contributed by atoms with Crippen molar-refractivity contribution in [3.63, 3.8) is 0 Å². The van der Waals surface area contributed by atoms with E-state index in [0.717, 1.165) is 0 Å². The molecule has 7 heteroatoms. The van der Waals surface area contributed by atoms with Crippen molar-refractivity contribution in [2.45, 2.75) is 19.5 Å². The quantitative estimate of drug-likeness (QED) is 0.861. The van der Waals surface area contributed by atoms with Gasteiger partial charge in [0.15, 0.2) is 0 Å². The van der Waals surface area contributed by atoms with E-state index in [9.17, 15) is 13.6 Å². The summed E-state index contributed by atoms with van der Waals surface area (Å²) in [7, 11) is 1.29. The lowest BCUT2D eigenvalue weighted by molar-refractivity contribution is -0.141. The Balaban J connectivity index is 2.09. The summed E-state index contributed by atoms with van der Waals surface area (Å²) < 4.78 is 33.2. The number of carbonyl (C=O) groups excluding carboxylic acids is 1. The normalized spacial score (nSPS) is 12.0. The Kier molecular flexibility index (Phi) is 4.52. The van der Waals surface area contributed by atoms with Gasteiger partial charge in [0.05, 0.1) is 13.2 Å². The van der Waals surface area contributed by atoms with Crippen LogP contribution in [0.25, 0.3) is 0 Å². The van der Waals surface area contributed by atoms with Crippen molar-refractivity contribution in [3.05, 3.63) is 47.7 Å². The molecule has 0 saturated carbocycles. The second-order valence-electron chi connectivity index (χ2n) is 4.48. The summed E-state index contributed by atoms with van der Waals surface area (Å²) >= 11 is 0. The third-order valence-corrected chi connectivity index (χ3v) is 2.96. The van der Waals surface area contributed by atoms with Gasteiger partial charge >= 0.3 is 5.97 Å². The molecule has 1 aromatic carbocycles. The number of anilines is 1. The molecule has 21 heavy (non-hydrogen) atoms. The molecule has 0 aliphatic heterocycles. The number of rotatable bonds is 5. The zero-order valence-corrected chi connectivity index (χ0v) is 11.6. The molecule has 0 aliphatic rings. The van der Waals surface area contributed by atoms with Gasteiger partial charge in [-0.3, -0.25) is 9.48 Å². The molecule has 2 rings (SSSR count). The molecule has 1 aromatic heterocycles. The standard InChI is InChI=1S/C14H15F2N3O2/c1-9(14-10(15)4-3-5-11(14)16)17-12-6-7-19(18-12)8-13(20)21-2/h3-7,9H,8H2,1-2H3,(H,17,18)/t9-/m0/s1. The van der Waals surface area contributed by atoms with Crippen molar-refractivity contribution in [1.29, 1.82) is 0 Å². The van der Waals surface area contributed by atoms with E-state index in [-0.39, 0.29) is 12.1 Å². The lowest BCUT2D eigenvalue weighted by atomic mass is 10.1. The van der Waals surface area contributed by atoms with Gasteiger partial charge in [0.25, 0.3) is 0 Å².